The maximum atomic E-state index is 11.6. The molecule has 17 heavy (non-hydrogen) atoms. The molecular weight excluding hydrogens is 265 g/mol. The van der Waals surface area contributed by atoms with E-state index in [1.54, 1.807) is 6.07 Å². The van der Waals surface area contributed by atoms with Gasteiger partial charge >= 0.3 is 5.91 Å². The van der Waals surface area contributed by atoms with Gasteiger partial charge in [-0.15, -0.1) is 0 Å². The van der Waals surface area contributed by atoms with Crippen molar-refractivity contribution in [3.05, 3.63) is 46.4 Å². The van der Waals surface area contributed by atoms with Crippen molar-refractivity contribution in [2.45, 2.75) is 0 Å². The number of hydrogen-bond donors (Lipinski definition) is 0. The SMILES string of the molecule is O=C1C(Cl)=CC(=NC(=O)c2ccco2)C=C1Cl. The summed E-state index contributed by atoms with van der Waals surface area (Å²) >= 11 is 11.3. The molecule has 0 spiro atoms. The fourth-order valence-corrected chi connectivity index (χ4v) is 1.66. The van der Waals surface area contributed by atoms with Gasteiger partial charge in [0.15, 0.2) is 5.76 Å². The van der Waals surface area contributed by atoms with E-state index in [2.05, 4.69) is 4.99 Å². The van der Waals surface area contributed by atoms with Gasteiger partial charge < -0.3 is 4.42 Å². The molecule has 1 aliphatic rings. The molecule has 0 aliphatic heterocycles. The Morgan fingerprint density at radius 1 is 1.24 bits per heavy atom. The Morgan fingerprint density at radius 2 is 1.88 bits per heavy atom. The summed E-state index contributed by atoms with van der Waals surface area (Å²) in [5.74, 6) is -0.957. The standard InChI is InChI=1S/C11H5Cl2NO3/c12-7-4-6(5-8(13)10(7)15)14-11(16)9-2-1-3-17-9/h1-5H. The second-order valence-corrected chi connectivity index (χ2v) is 3.95. The molecule has 2 rings (SSSR count). The summed E-state index contributed by atoms with van der Waals surface area (Å²) in [6.45, 7) is 0. The first-order valence-corrected chi connectivity index (χ1v) is 5.29. The Kier molecular flexibility index (Phi) is 3.26. The Hall–Kier alpha value is -1.65. The number of carbonyl (C=O) groups excluding carboxylic acids is 2. The highest BCUT2D eigenvalue weighted by Gasteiger charge is 2.18. The topological polar surface area (TPSA) is 59.6 Å². The highest BCUT2D eigenvalue weighted by atomic mass is 35.5. The van der Waals surface area contributed by atoms with Crippen LogP contribution in [-0.4, -0.2) is 17.4 Å². The van der Waals surface area contributed by atoms with Crippen molar-refractivity contribution in [2.24, 2.45) is 4.99 Å². The molecule has 4 nitrogen and oxygen atoms in total. The molecule has 1 aliphatic carbocycles. The van der Waals surface area contributed by atoms with Gasteiger partial charge in [-0.2, -0.15) is 0 Å². The van der Waals surface area contributed by atoms with Crippen LogP contribution in [0.2, 0.25) is 0 Å². The van der Waals surface area contributed by atoms with E-state index in [-0.39, 0.29) is 21.5 Å². The molecule has 0 N–H and O–H groups in total. The highest BCUT2D eigenvalue weighted by Crippen LogP contribution is 2.19. The van der Waals surface area contributed by atoms with Crippen molar-refractivity contribution in [3.63, 3.8) is 0 Å². The Bertz CT molecular complexity index is 544. The fourth-order valence-electron chi connectivity index (χ4n) is 1.18. The van der Waals surface area contributed by atoms with Crippen LogP contribution in [0, 0.1) is 0 Å². The maximum Gasteiger partial charge on any atom is 0.313 e. The molecule has 0 saturated carbocycles. The van der Waals surface area contributed by atoms with Crippen molar-refractivity contribution in [1.29, 1.82) is 0 Å². The molecule has 0 aromatic carbocycles. The van der Waals surface area contributed by atoms with Crippen LogP contribution in [0.3, 0.4) is 0 Å². The summed E-state index contributed by atoms with van der Waals surface area (Å²) in [7, 11) is 0. The van der Waals surface area contributed by atoms with Gasteiger partial charge in [0.05, 0.1) is 22.0 Å². The summed E-state index contributed by atoms with van der Waals surface area (Å²) in [6.07, 6.45) is 3.91. The van der Waals surface area contributed by atoms with Crippen LogP contribution in [0.1, 0.15) is 10.6 Å². The minimum Gasteiger partial charge on any atom is -0.459 e. The van der Waals surface area contributed by atoms with E-state index in [4.69, 9.17) is 27.6 Å². The van der Waals surface area contributed by atoms with E-state index in [0.29, 0.717) is 0 Å². The van der Waals surface area contributed by atoms with Gasteiger partial charge in [0.25, 0.3) is 0 Å². The van der Waals surface area contributed by atoms with Crippen LogP contribution < -0.4 is 0 Å². The van der Waals surface area contributed by atoms with Crippen molar-refractivity contribution < 1.29 is 14.0 Å². The van der Waals surface area contributed by atoms with Crippen LogP contribution in [0.5, 0.6) is 0 Å². The number of carbonyl (C=O) groups is 2. The van der Waals surface area contributed by atoms with Gasteiger partial charge in [-0.1, -0.05) is 23.2 Å². The number of hydrogen-bond acceptors (Lipinski definition) is 3. The van der Waals surface area contributed by atoms with Crippen molar-refractivity contribution in [2.75, 3.05) is 0 Å². The Balaban J connectivity index is 2.30. The van der Waals surface area contributed by atoms with Crippen LogP contribution in [0.4, 0.5) is 0 Å². The van der Waals surface area contributed by atoms with Crippen molar-refractivity contribution in [1.82, 2.24) is 0 Å². The van der Waals surface area contributed by atoms with Crippen molar-refractivity contribution in [3.8, 4) is 0 Å². The summed E-state index contributed by atoms with van der Waals surface area (Å²) in [5.41, 5.74) is 0.209. The largest absolute Gasteiger partial charge is 0.459 e. The quantitative estimate of drug-likeness (QED) is 0.737. The van der Waals surface area contributed by atoms with Crippen LogP contribution >= 0.6 is 23.2 Å². The molecule has 0 radical (unpaired) electrons. The Labute approximate surface area is 106 Å². The number of furan rings is 1. The molecule has 0 unspecified atom stereocenters. The summed E-state index contributed by atoms with van der Waals surface area (Å²) in [6, 6.07) is 3.06. The molecule has 0 bridgehead atoms. The number of Topliss-reactive ketones (excluding diaryl/α,β-unsaturated/α-hetero) is 1. The summed E-state index contributed by atoms with van der Waals surface area (Å²) in [4.78, 5) is 26.5. The van der Waals surface area contributed by atoms with Gasteiger partial charge in [0.2, 0.25) is 5.78 Å². The molecule has 0 atom stereocenters. The Morgan fingerprint density at radius 3 is 2.41 bits per heavy atom. The van der Waals surface area contributed by atoms with E-state index < -0.39 is 11.7 Å². The fraction of sp³-hybridized carbons (Fsp3) is 0. The zero-order valence-corrected chi connectivity index (χ0v) is 9.83. The third-order valence-electron chi connectivity index (χ3n) is 1.95. The van der Waals surface area contributed by atoms with E-state index >= 15 is 0 Å². The lowest BCUT2D eigenvalue weighted by Crippen LogP contribution is -2.09. The average Bonchev–Trinajstić information content (AvgIpc) is 2.79. The third kappa shape index (κ3) is 2.54. The smallest absolute Gasteiger partial charge is 0.313 e. The van der Waals surface area contributed by atoms with Gasteiger partial charge in [-0.25, -0.2) is 4.99 Å². The van der Waals surface area contributed by atoms with E-state index in [0.717, 1.165) is 0 Å². The summed E-state index contributed by atoms with van der Waals surface area (Å²) in [5, 5.41) is -0.160. The van der Waals surface area contributed by atoms with Gasteiger partial charge in [-0.3, -0.25) is 9.59 Å². The number of amides is 1. The number of ketones is 1. The predicted octanol–water partition coefficient (Wildman–Crippen LogP) is 2.69. The predicted molar refractivity (Wildman–Crippen MR) is 63.4 cm³/mol. The number of allylic oxidation sites excluding steroid dienone is 4. The molecule has 0 fully saturated rings. The van der Waals surface area contributed by atoms with Gasteiger partial charge in [0, 0.05) is 0 Å². The van der Waals surface area contributed by atoms with Crippen LogP contribution in [-0.2, 0) is 4.79 Å². The lowest BCUT2D eigenvalue weighted by Gasteiger charge is -2.04. The number of rotatable bonds is 1. The molecule has 0 saturated heterocycles. The third-order valence-corrected chi connectivity index (χ3v) is 2.51. The van der Waals surface area contributed by atoms with Crippen LogP contribution in [0.25, 0.3) is 0 Å². The molecule has 86 valence electrons. The van der Waals surface area contributed by atoms with Gasteiger partial charge in [0.1, 0.15) is 0 Å². The summed E-state index contributed by atoms with van der Waals surface area (Å²) < 4.78 is 4.88. The number of halogens is 2. The second kappa shape index (κ2) is 4.69. The monoisotopic (exact) mass is 269 g/mol. The molecular formula is C11H5Cl2NO3. The zero-order valence-electron chi connectivity index (χ0n) is 8.31. The second-order valence-electron chi connectivity index (χ2n) is 3.13. The minimum atomic E-state index is -0.569. The van der Waals surface area contributed by atoms with Crippen LogP contribution in [0.15, 0.2) is 50.0 Å². The van der Waals surface area contributed by atoms with E-state index in [1.165, 1.54) is 24.5 Å². The number of nitrogens with zero attached hydrogens (tertiary/aromatic N) is 1. The molecule has 1 amide bonds. The molecule has 6 heteroatoms. The molecule has 1 aromatic rings. The van der Waals surface area contributed by atoms with E-state index in [1.807, 2.05) is 0 Å². The maximum absolute atomic E-state index is 11.6. The highest BCUT2D eigenvalue weighted by molar-refractivity contribution is 6.57. The molecule has 1 aromatic heterocycles. The first-order chi connectivity index (χ1) is 8.08. The average molecular weight is 270 g/mol. The minimum absolute atomic E-state index is 0.0801. The first-order valence-electron chi connectivity index (χ1n) is 4.53. The van der Waals surface area contributed by atoms with E-state index in [9.17, 15) is 9.59 Å². The normalized spacial score (nSPS) is 15.4. The molecule has 1 heterocycles. The first kappa shape index (κ1) is 11.8. The van der Waals surface area contributed by atoms with Gasteiger partial charge in [-0.05, 0) is 24.3 Å². The number of aliphatic imine (C=N–C) groups is 1. The lowest BCUT2D eigenvalue weighted by molar-refractivity contribution is -0.111. The van der Waals surface area contributed by atoms with Crippen molar-refractivity contribution >= 4 is 40.6 Å². The lowest BCUT2D eigenvalue weighted by atomic mass is 10.1. The zero-order chi connectivity index (χ0) is 12.4.